The number of hydrogen-bond acceptors (Lipinski definition) is 2. The zero-order chi connectivity index (χ0) is 10.6. The summed E-state index contributed by atoms with van der Waals surface area (Å²) in [5.41, 5.74) is 2.01. The molecule has 0 spiro atoms. The molecule has 1 N–H and O–H groups in total. The second-order valence-electron chi connectivity index (χ2n) is 3.11. The van der Waals surface area contributed by atoms with E-state index in [0.29, 0.717) is 5.15 Å². The number of nitrogens with one attached hydrogen (secondary N) is 1. The van der Waals surface area contributed by atoms with Crippen LogP contribution in [0.3, 0.4) is 0 Å². The molecule has 3 nitrogen and oxygen atoms in total. The van der Waals surface area contributed by atoms with Gasteiger partial charge in [-0.2, -0.15) is 5.10 Å². The van der Waals surface area contributed by atoms with E-state index in [0.717, 1.165) is 30.8 Å². The molecule has 4 heteroatoms. The quantitative estimate of drug-likeness (QED) is 0.604. The van der Waals surface area contributed by atoms with Crippen molar-refractivity contribution >= 4 is 11.6 Å². The van der Waals surface area contributed by atoms with E-state index in [9.17, 15) is 0 Å². The van der Waals surface area contributed by atoms with Crippen molar-refractivity contribution < 1.29 is 0 Å². The average Bonchev–Trinajstić information content (AvgIpc) is 2.38. The molecule has 0 atom stereocenters. The summed E-state index contributed by atoms with van der Waals surface area (Å²) < 4.78 is 1.68. The van der Waals surface area contributed by atoms with Crippen LogP contribution in [0.1, 0.15) is 17.7 Å². The maximum Gasteiger partial charge on any atom is 0.131 e. The molecular weight excluding hydrogens is 198 g/mol. The van der Waals surface area contributed by atoms with Crippen molar-refractivity contribution in [3.63, 3.8) is 0 Å². The van der Waals surface area contributed by atoms with Gasteiger partial charge in [-0.3, -0.25) is 4.68 Å². The largest absolute Gasteiger partial charge is 0.312 e. The van der Waals surface area contributed by atoms with E-state index in [1.165, 1.54) is 0 Å². The Kier molecular flexibility index (Phi) is 3.99. The van der Waals surface area contributed by atoms with Gasteiger partial charge >= 0.3 is 0 Å². The minimum atomic E-state index is 0.690. The van der Waals surface area contributed by atoms with Crippen LogP contribution in [-0.2, 0) is 13.6 Å². The summed E-state index contributed by atoms with van der Waals surface area (Å²) in [6.07, 6.45) is 5.87. The molecule has 0 unspecified atom stereocenters. The van der Waals surface area contributed by atoms with Crippen LogP contribution in [0.5, 0.6) is 0 Å². The van der Waals surface area contributed by atoms with Crippen molar-refractivity contribution in [2.45, 2.75) is 19.9 Å². The van der Waals surface area contributed by atoms with Crippen LogP contribution in [0.4, 0.5) is 0 Å². The number of terminal acetylenes is 1. The van der Waals surface area contributed by atoms with Crippen molar-refractivity contribution in [1.82, 2.24) is 15.1 Å². The molecule has 1 heterocycles. The number of aromatic nitrogens is 2. The van der Waals surface area contributed by atoms with Gasteiger partial charge in [0.2, 0.25) is 0 Å². The highest BCUT2D eigenvalue weighted by molar-refractivity contribution is 6.30. The zero-order valence-electron chi connectivity index (χ0n) is 8.47. The van der Waals surface area contributed by atoms with Crippen LogP contribution in [0, 0.1) is 19.3 Å². The Balaban J connectivity index is 2.55. The van der Waals surface area contributed by atoms with E-state index in [2.05, 4.69) is 16.3 Å². The molecular formula is C10H14ClN3. The van der Waals surface area contributed by atoms with Gasteiger partial charge in [-0.15, -0.1) is 12.3 Å². The molecule has 1 rings (SSSR count). The minimum Gasteiger partial charge on any atom is -0.312 e. The Morgan fingerprint density at radius 2 is 2.36 bits per heavy atom. The number of rotatable bonds is 4. The summed E-state index contributed by atoms with van der Waals surface area (Å²) in [6.45, 7) is 3.48. The van der Waals surface area contributed by atoms with Gasteiger partial charge in [-0.05, 0) is 6.92 Å². The number of halogens is 1. The van der Waals surface area contributed by atoms with E-state index in [-0.39, 0.29) is 0 Å². The number of hydrogen-bond donors (Lipinski definition) is 1. The predicted molar refractivity (Wildman–Crippen MR) is 58.1 cm³/mol. The van der Waals surface area contributed by atoms with Crippen molar-refractivity contribution in [3.05, 3.63) is 16.4 Å². The lowest BCUT2D eigenvalue weighted by molar-refractivity contribution is 0.698. The monoisotopic (exact) mass is 211 g/mol. The van der Waals surface area contributed by atoms with Crippen LogP contribution in [0.15, 0.2) is 0 Å². The SMILES string of the molecule is C#CCCNCc1c(C)nn(C)c1Cl. The number of aryl methyl sites for hydroxylation is 2. The molecule has 0 aliphatic rings. The highest BCUT2D eigenvalue weighted by Gasteiger charge is 2.09. The molecule has 0 aliphatic heterocycles. The van der Waals surface area contributed by atoms with Gasteiger partial charge in [0.1, 0.15) is 5.15 Å². The van der Waals surface area contributed by atoms with Crippen molar-refractivity contribution in [2.75, 3.05) is 6.54 Å². The normalized spacial score (nSPS) is 10.1. The molecule has 0 saturated heterocycles. The van der Waals surface area contributed by atoms with Gasteiger partial charge in [0.25, 0.3) is 0 Å². The maximum absolute atomic E-state index is 6.05. The highest BCUT2D eigenvalue weighted by atomic mass is 35.5. The average molecular weight is 212 g/mol. The van der Waals surface area contributed by atoms with Crippen molar-refractivity contribution in [2.24, 2.45) is 7.05 Å². The predicted octanol–water partition coefficient (Wildman–Crippen LogP) is 1.49. The molecule has 0 bridgehead atoms. The van der Waals surface area contributed by atoms with E-state index < -0.39 is 0 Å². The van der Waals surface area contributed by atoms with Crippen LogP contribution in [0.25, 0.3) is 0 Å². The van der Waals surface area contributed by atoms with Crippen LogP contribution < -0.4 is 5.32 Å². The highest BCUT2D eigenvalue weighted by Crippen LogP contribution is 2.17. The topological polar surface area (TPSA) is 29.9 Å². The first kappa shape index (κ1) is 11.1. The second kappa shape index (κ2) is 5.04. The maximum atomic E-state index is 6.05. The van der Waals surface area contributed by atoms with Gasteiger partial charge in [0, 0.05) is 32.1 Å². The van der Waals surface area contributed by atoms with Gasteiger partial charge in [0.15, 0.2) is 0 Å². The first-order chi connectivity index (χ1) is 6.66. The third-order valence-electron chi connectivity index (χ3n) is 2.02. The standard InChI is InChI=1S/C10H14ClN3/c1-4-5-6-12-7-9-8(2)13-14(3)10(9)11/h1,12H,5-7H2,2-3H3. The molecule has 76 valence electrons. The van der Waals surface area contributed by atoms with Crippen LogP contribution in [0.2, 0.25) is 5.15 Å². The lowest BCUT2D eigenvalue weighted by Gasteiger charge is -2.01. The fourth-order valence-corrected chi connectivity index (χ4v) is 1.49. The van der Waals surface area contributed by atoms with Gasteiger partial charge in [-0.25, -0.2) is 0 Å². The van der Waals surface area contributed by atoms with Crippen LogP contribution >= 0.6 is 11.6 Å². The number of nitrogens with zero attached hydrogens (tertiary/aromatic N) is 2. The summed E-state index contributed by atoms with van der Waals surface area (Å²) in [5.74, 6) is 2.57. The Morgan fingerprint density at radius 3 is 2.86 bits per heavy atom. The lowest BCUT2D eigenvalue weighted by Crippen LogP contribution is -2.14. The van der Waals surface area contributed by atoms with Crippen molar-refractivity contribution in [3.8, 4) is 12.3 Å². The zero-order valence-corrected chi connectivity index (χ0v) is 9.23. The molecule has 1 aromatic rings. The summed E-state index contributed by atoms with van der Waals surface area (Å²) in [6, 6.07) is 0. The van der Waals surface area contributed by atoms with E-state index in [4.69, 9.17) is 18.0 Å². The molecule has 0 aliphatic carbocycles. The minimum absolute atomic E-state index is 0.690. The molecule has 14 heavy (non-hydrogen) atoms. The lowest BCUT2D eigenvalue weighted by atomic mass is 10.2. The Bertz CT molecular complexity index is 349. The first-order valence-corrected chi connectivity index (χ1v) is 4.86. The summed E-state index contributed by atoms with van der Waals surface area (Å²) in [4.78, 5) is 0. The van der Waals surface area contributed by atoms with Gasteiger partial charge < -0.3 is 5.32 Å². The fourth-order valence-electron chi connectivity index (χ4n) is 1.25. The Morgan fingerprint density at radius 1 is 1.64 bits per heavy atom. The van der Waals surface area contributed by atoms with E-state index >= 15 is 0 Å². The molecule has 0 saturated carbocycles. The Hall–Kier alpha value is -0.980. The third-order valence-corrected chi connectivity index (χ3v) is 2.49. The molecule has 0 aromatic carbocycles. The molecule has 0 fully saturated rings. The third kappa shape index (κ3) is 2.50. The second-order valence-corrected chi connectivity index (χ2v) is 3.47. The summed E-state index contributed by atoms with van der Waals surface area (Å²) >= 11 is 6.05. The smallest absolute Gasteiger partial charge is 0.131 e. The molecule has 1 aromatic heterocycles. The van der Waals surface area contributed by atoms with E-state index in [1.54, 1.807) is 4.68 Å². The van der Waals surface area contributed by atoms with Crippen LogP contribution in [-0.4, -0.2) is 16.3 Å². The first-order valence-electron chi connectivity index (χ1n) is 4.49. The van der Waals surface area contributed by atoms with E-state index in [1.807, 2.05) is 14.0 Å². The summed E-state index contributed by atoms with van der Waals surface area (Å²) in [5, 5.41) is 8.12. The van der Waals surface area contributed by atoms with Crippen molar-refractivity contribution in [1.29, 1.82) is 0 Å². The summed E-state index contributed by atoms with van der Waals surface area (Å²) in [7, 11) is 1.83. The Labute approximate surface area is 89.4 Å². The fraction of sp³-hybridized carbons (Fsp3) is 0.500. The van der Waals surface area contributed by atoms with Gasteiger partial charge in [-0.1, -0.05) is 11.6 Å². The molecule has 0 radical (unpaired) electrons. The molecule has 0 amide bonds. The van der Waals surface area contributed by atoms with Gasteiger partial charge in [0.05, 0.1) is 5.69 Å².